The third-order valence-electron chi connectivity index (χ3n) is 4.36. The van der Waals surface area contributed by atoms with E-state index in [1.165, 1.54) is 0 Å². The van der Waals surface area contributed by atoms with E-state index in [4.69, 9.17) is 23.9 Å². The van der Waals surface area contributed by atoms with Gasteiger partial charge in [0.05, 0.1) is 34.1 Å². The minimum atomic E-state index is 0.675. The average Bonchev–Trinajstić information content (AvgIpc) is 2.66. The molecule has 1 heterocycles. The fraction of sp³-hybridized carbons (Fsp3) is 0.286. The first kappa shape index (κ1) is 17.9. The molecule has 0 unspecified atom stereocenters. The van der Waals surface area contributed by atoms with Gasteiger partial charge in [0.15, 0.2) is 23.0 Å². The second-order valence-electron chi connectivity index (χ2n) is 6.00. The molecule has 0 aliphatic heterocycles. The predicted octanol–water partition coefficient (Wildman–Crippen LogP) is 4.17. The molecule has 1 aromatic heterocycles. The van der Waals surface area contributed by atoms with E-state index in [1.807, 2.05) is 37.3 Å². The van der Waals surface area contributed by atoms with Crippen molar-refractivity contribution in [3.8, 4) is 23.0 Å². The van der Waals surface area contributed by atoms with Crippen LogP contribution in [-0.4, -0.2) is 33.4 Å². The fourth-order valence-electron chi connectivity index (χ4n) is 3.11. The minimum absolute atomic E-state index is 0.675. The molecule has 0 N–H and O–H groups in total. The topological polar surface area (TPSA) is 49.8 Å². The summed E-state index contributed by atoms with van der Waals surface area (Å²) >= 11 is 0. The third kappa shape index (κ3) is 3.38. The van der Waals surface area contributed by atoms with Crippen molar-refractivity contribution in [2.24, 2.45) is 0 Å². The number of nitrogens with zero attached hydrogens (tertiary/aromatic N) is 1. The van der Waals surface area contributed by atoms with Crippen LogP contribution >= 0.6 is 0 Å². The molecule has 3 aromatic rings. The van der Waals surface area contributed by atoms with E-state index in [2.05, 4.69) is 6.07 Å². The van der Waals surface area contributed by atoms with Gasteiger partial charge in [0.1, 0.15) is 0 Å². The SMILES string of the molecule is COc1ccc(Cc2nc(C)cc3cc(OC)c(OC)cc23)cc1OC. The lowest BCUT2D eigenvalue weighted by molar-refractivity contribution is 0.354. The van der Waals surface area contributed by atoms with Crippen molar-refractivity contribution in [2.75, 3.05) is 28.4 Å². The van der Waals surface area contributed by atoms with Gasteiger partial charge >= 0.3 is 0 Å². The van der Waals surface area contributed by atoms with Crippen molar-refractivity contribution in [3.05, 3.63) is 53.3 Å². The second kappa shape index (κ2) is 7.52. The maximum atomic E-state index is 5.46. The second-order valence-corrected chi connectivity index (χ2v) is 6.00. The van der Waals surface area contributed by atoms with Crippen molar-refractivity contribution >= 4 is 10.8 Å². The first-order valence-corrected chi connectivity index (χ1v) is 8.32. The number of methoxy groups -OCH3 is 4. The Balaban J connectivity index is 2.09. The molecule has 0 radical (unpaired) electrons. The Bertz CT molecular complexity index is 937. The van der Waals surface area contributed by atoms with Crippen molar-refractivity contribution in [1.29, 1.82) is 0 Å². The molecular weight excluding hydrogens is 330 g/mol. The molecule has 0 aliphatic carbocycles. The highest BCUT2D eigenvalue weighted by atomic mass is 16.5. The number of pyridine rings is 1. The van der Waals surface area contributed by atoms with Gasteiger partial charge in [-0.1, -0.05) is 6.07 Å². The third-order valence-corrected chi connectivity index (χ3v) is 4.36. The number of rotatable bonds is 6. The number of fused-ring (bicyclic) bond motifs is 1. The summed E-state index contributed by atoms with van der Waals surface area (Å²) in [6.07, 6.45) is 0.675. The summed E-state index contributed by atoms with van der Waals surface area (Å²) in [6.45, 7) is 1.99. The van der Waals surface area contributed by atoms with Gasteiger partial charge in [-0.25, -0.2) is 0 Å². The van der Waals surface area contributed by atoms with Gasteiger partial charge < -0.3 is 18.9 Å². The van der Waals surface area contributed by atoms with E-state index in [1.54, 1.807) is 28.4 Å². The van der Waals surface area contributed by atoms with Crippen LogP contribution < -0.4 is 18.9 Å². The Hall–Kier alpha value is -2.95. The van der Waals surface area contributed by atoms with Crippen LogP contribution in [0.25, 0.3) is 10.8 Å². The number of hydrogen-bond acceptors (Lipinski definition) is 5. The summed E-state index contributed by atoms with van der Waals surface area (Å²) in [7, 11) is 6.55. The van der Waals surface area contributed by atoms with E-state index in [9.17, 15) is 0 Å². The van der Waals surface area contributed by atoms with Gasteiger partial charge in [0, 0.05) is 17.5 Å². The molecule has 3 rings (SSSR count). The van der Waals surface area contributed by atoms with Crippen molar-refractivity contribution in [2.45, 2.75) is 13.3 Å². The highest BCUT2D eigenvalue weighted by Gasteiger charge is 2.13. The Kier molecular flexibility index (Phi) is 5.16. The molecule has 0 saturated heterocycles. The number of hydrogen-bond donors (Lipinski definition) is 0. The van der Waals surface area contributed by atoms with Crippen molar-refractivity contribution < 1.29 is 18.9 Å². The molecule has 136 valence electrons. The molecular formula is C21H23NO4. The molecule has 0 aliphatic rings. The predicted molar refractivity (Wildman–Crippen MR) is 102 cm³/mol. The van der Waals surface area contributed by atoms with Crippen LogP contribution in [0.2, 0.25) is 0 Å². The molecule has 0 saturated carbocycles. The smallest absolute Gasteiger partial charge is 0.161 e. The van der Waals surface area contributed by atoms with Crippen LogP contribution in [-0.2, 0) is 6.42 Å². The molecule has 5 heteroatoms. The zero-order chi connectivity index (χ0) is 18.7. The quantitative estimate of drug-likeness (QED) is 0.666. The molecule has 0 atom stereocenters. The normalized spacial score (nSPS) is 10.7. The standard InChI is InChI=1S/C21H23NO4/c1-13-8-15-11-20(25-4)21(26-5)12-16(15)17(22-13)9-14-6-7-18(23-2)19(10-14)24-3/h6-8,10-12H,9H2,1-5H3. The van der Waals surface area contributed by atoms with Crippen molar-refractivity contribution in [1.82, 2.24) is 4.98 Å². The highest BCUT2D eigenvalue weighted by Crippen LogP contribution is 2.35. The molecule has 2 aromatic carbocycles. The van der Waals surface area contributed by atoms with E-state index in [-0.39, 0.29) is 0 Å². The van der Waals surface area contributed by atoms with Crippen LogP contribution in [0.4, 0.5) is 0 Å². The molecule has 26 heavy (non-hydrogen) atoms. The molecule has 0 spiro atoms. The van der Waals surface area contributed by atoms with E-state index in [0.29, 0.717) is 29.4 Å². The molecule has 0 bridgehead atoms. The lowest BCUT2D eigenvalue weighted by Gasteiger charge is -2.13. The Morgan fingerprint density at radius 3 is 2.00 bits per heavy atom. The first-order valence-electron chi connectivity index (χ1n) is 8.32. The summed E-state index contributed by atoms with van der Waals surface area (Å²) < 4.78 is 21.6. The Morgan fingerprint density at radius 2 is 1.35 bits per heavy atom. The van der Waals surface area contributed by atoms with E-state index < -0.39 is 0 Å². The zero-order valence-electron chi connectivity index (χ0n) is 15.8. The van der Waals surface area contributed by atoms with Crippen LogP contribution in [0.15, 0.2) is 36.4 Å². The van der Waals surface area contributed by atoms with Crippen molar-refractivity contribution in [3.63, 3.8) is 0 Å². The Morgan fingerprint density at radius 1 is 0.731 bits per heavy atom. The van der Waals surface area contributed by atoms with Gasteiger partial charge in [-0.15, -0.1) is 0 Å². The maximum Gasteiger partial charge on any atom is 0.161 e. The summed E-state index contributed by atoms with van der Waals surface area (Å²) in [5.41, 5.74) is 3.03. The number of aromatic nitrogens is 1. The number of aryl methyl sites for hydroxylation is 1. The monoisotopic (exact) mass is 353 g/mol. The molecule has 0 fully saturated rings. The molecule has 5 nitrogen and oxygen atoms in total. The average molecular weight is 353 g/mol. The van der Waals surface area contributed by atoms with Crippen LogP contribution in [0.5, 0.6) is 23.0 Å². The summed E-state index contributed by atoms with van der Waals surface area (Å²) in [5.74, 6) is 2.83. The zero-order valence-corrected chi connectivity index (χ0v) is 15.8. The van der Waals surface area contributed by atoms with Gasteiger partial charge in [-0.3, -0.25) is 4.98 Å². The highest BCUT2D eigenvalue weighted by molar-refractivity contribution is 5.88. The van der Waals surface area contributed by atoms with Gasteiger partial charge in [-0.05, 0) is 48.2 Å². The van der Waals surface area contributed by atoms with E-state index in [0.717, 1.165) is 27.7 Å². The number of ether oxygens (including phenoxy) is 4. The van der Waals surface area contributed by atoms with Crippen LogP contribution in [0.3, 0.4) is 0 Å². The first-order chi connectivity index (χ1) is 12.6. The fourth-order valence-corrected chi connectivity index (χ4v) is 3.11. The van der Waals surface area contributed by atoms with Crippen LogP contribution in [0.1, 0.15) is 17.0 Å². The van der Waals surface area contributed by atoms with Gasteiger partial charge in [0.25, 0.3) is 0 Å². The number of benzene rings is 2. The minimum Gasteiger partial charge on any atom is -0.493 e. The summed E-state index contributed by atoms with van der Waals surface area (Å²) in [6, 6.07) is 11.9. The van der Waals surface area contributed by atoms with E-state index >= 15 is 0 Å². The summed E-state index contributed by atoms with van der Waals surface area (Å²) in [4.78, 5) is 4.76. The summed E-state index contributed by atoms with van der Waals surface area (Å²) in [5, 5.41) is 2.12. The lowest BCUT2D eigenvalue weighted by atomic mass is 10.0. The molecule has 0 amide bonds. The lowest BCUT2D eigenvalue weighted by Crippen LogP contribution is -1.99. The van der Waals surface area contributed by atoms with Gasteiger partial charge in [0.2, 0.25) is 0 Å². The maximum absolute atomic E-state index is 5.46. The largest absolute Gasteiger partial charge is 0.493 e. The van der Waals surface area contributed by atoms with Gasteiger partial charge in [-0.2, -0.15) is 0 Å². The van der Waals surface area contributed by atoms with Crippen LogP contribution in [0, 0.1) is 6.92 Å². The Labute approximate surface area is 153 Å².